The van der Waals surface area contributed by atoms with Crippen molar-refractivity contribution in [3.8, 4) is 0 Å². The Labute approximate surface area is 197 Å². The van der Waals surface area contributed by atoms with E-state index < -0.39 is 0 Å². The lowest BCUT2D eigenvalue weighted by molar-refractivity contribution is 0.102. The number of aromatic nitrogens is 3. The molecule has 1 fully saturated rings. The molecule has 1 aliphatic rings. The molecule has 3 atom stereocenters. The van der Waals surface area contributed by atoms with Gasteiger partial charge in [-0.1, -0.05) is 32.3 Å². The summed E-state index contributed by atoms with van der Waals surface area (Å²) in [7, 11) is 0. The number of rotatable bonds is 6. The summed E-state index contributed by atoms with van der Waals surface area (Å²) in [5.74, 6) is 1.64. The van der Waals surface area contributed by atoms with E-state index in [1.807, 2.05) is 41.9 Å². The molecule has 3 unspecified atom stereocenters. The fourth-order valence-electron chi connectivity index (χ4n) is 5.08. The van der Waals surface area contributed by atoms with E-state index in [-0.39, 0.29) is 11.9 Å². The Bertz CT molecular complexity index is 1290. The molecule has 0 aliphatic heterocycles. The summed E-state index contributed by atoms with van der Waals surface area (Å²) < 4.78 is 0.925. The first kappa shape index (κ1) is 21.9. The van der Waals surface area contributed by atoms with Crippen LogP contribution in [0.1, 0.15) is 55.2 Å². The zero-order chi connectivity index (χ0) is 22.8. The maximum absolute atomic E-state index is 13.1. The average molecular weight is 460 g/mol. The van der Waals surface area contributed by atoms with E-state index in [1.165, 1.54) is 30.6 Å². The van der Waals surface area contributed by atoms with Crippen molar-refractivity contribution >= 4 is 44.1 Å². The summed E-state index contributed by atoms with van der Waals surface area (Å²) in [5, 5.41) is 5.88. The Hall–Kier alpha value is -2.90. The average Bonchev–Trinajstić information content (AvgIpc) is 3.26. The van der Waals surface area contributed by atoms with E-state index in [2.05, 4.69) is 22.2 Å². The Kier molecular flexibility index (Phi) is 6.33. The fourth-order valence-corrected chi connectivity index (χ4v) is 5.93. The van der Waals surface area contributed by atoms with Crippen LogP contribution in [0.15, 0.2) is 48.1 Å². The second-order valence-corrected chi connectivity index (χ2v) is 9.91. The van der Waals surface area contributed by atoms with Gasteiger partial charge < -0.3 is 11.1 Å². The van der Waals surface area contributed by atoms with E-state index in [0.717, 1.165) is 51.9 Å². The molecule has 6 nitrogen and oxygen atoms in total. The van der Waals surface area contributed by atoms with Crippen LogP contribution in [0.5, 0.6) is 0 Å². The number of fused-ring (bicyclic) bond motifs is 2. The number of hydrogen-bond acceptors (Lipinski definition) is 6. The fraction of sp³-hybridized carbons (Fsp3) is 0.385. The van der Waals surface area contributed by atoms with Gasteiger partial charge in [0.25, 0.3) is 5.91 Å². The minimum Gasteiger partial charge on any atom is -0.327 e. The predicted molar refractivity (Wildman–Crippen MR) is 135 cm³/mol. The highest BCUT2D eigenvalue weighted by molar-refractivity contribution is 7.17. The summed E-state index contributed by atoms with van der Waals surface area (Å²) in [6.07, 6.45) is 10.3. The number of amides is 1. The highest BCUT2D eigenvalue weighted by Crippen LogP contribution is 2.33. The topological polar surface area (TPSA) is 93.8 Å². The third kappa shape index (κ3) is 4.61. The lowest BCUT2D eigenvalue weighted by atomic mass is 9.74. The lowest BCUT2D eigenvalue weighted by Crippen LogP contribution is -2.38. The zero-order valence-corrected chi connectivity index (χ0v) is 19.6. The maximum atomic E-state index is 13.1. The number of thiophene rings is 1. The molecule has 1 amide bonds. The third-order valence-corrected chi connectivity index (χ3v) is 7.83. The van der Waals surface area contributed by atoms with E-state index in [1.54, 1.807) is 6.20 Å². The summed E-state index contributed by atoms with van der Waals surface area (Å²) in [5.41, 5.74) is 9.42. The Morgan fingerprint density at radius 3 is 2.97 bits per heavy atom. The van der Waals surface area contributed by atoms with Crippen molar-refractivity contribution in [3.63, 3.8) is 0 Å². The first-order valence-corrected chi connectivity index (χ1v) is 12.6. The highest BCUT2D eigenvalue weighted by Gasteiger charge is 2.29. The number of anilines is 1. The first-order chi connectivity index (χ1) is 16.1. The van der Waals surface area contributed by atoms with Crippen LogP contribution in [0.3, 0.4) is 0 Å². The van der Waals surface area contributed by atoms with Crippen molar-refractivity contribution in [2.45, 2.75) is 51.5 Å². The molecular weight excluding hydrogens is 430 g/mol. The smallest absolute Gasteiger partial charge is 0.258 e. The van der Waals surface area contributed by atoms with Gasteiger partial charge >= 0.3 is 0 Å². The van der Waals surface area contributed by atoms with Gasteiger partial charge in [0.2, 0.25) is 0 Å². The normalized spacial score (nSPS) is 19.6. The second-order valence-electron chi connectivity index (χ2n) is 9.00. The molecule has 0 radical (unpaired) electrons. The zero-order valence-electron chi connectivity index (χ0n) is 18.8. The third-order valence-electron chi connectivity index (χ3n) is 6.92. The summed E-state index contributed by atoms with van der Waals surface area (Å²) in [6, 6.07) is 9.88. The number of hydrogen-bond donors (Lipinski definition) is 2. The van der Waals surface area contributed by atoms with Crippen LogP contribution in [-0.2, 0) is 6.42 Å². The molecule has 3 heterocycles. The monoisotopic (exact) mass is 459 g/mol. The molecule has 3 aromatic heterocycles. The van der Waals surface area contributed by atoms with Crippen molar-refractivity contribution in [3.05, 3.63) is 59.5 Å². The number of pyridine rings is 1. The van der Waals surface area contributed by atoms with Gasteiger partial charge in [0.15, 0.2) is 0 Å². The maximum Gasteiger partial charge on any atom is 0.258 e. The number of nitrogens with one attached hydrogen (secondary N) is 1. The molecule has 1 aliphatic carbocycles. The van der Waals surface area contributed by atoms with Gasteiger partial charge in [-0.3, -0.25) is 9.78 Å². The summed E-state index contributed by atoms with van der Waals surface area (Å²) in [6.45, 7) is 2.23. The van der Waals surface area contributed by atoms with Gasteiger partial charge in [-0.25, -0.2) is 9.97 Å². The molecule has 0 saturated heterocycles. The summed E-state index contributed by atoms with van der Waals surface area (Å²) in [4.78, 5) is 26.9. The van der Waals surface area contributed by atoms with Crippen LogP contribution < -0.4 is 11.1 Å². The minimum atomic E-state index is -0.157. The highest BCUT2D eigenvalue weighted by atomic mass is 32.1. The number of nitrogens with zero attached hydrogens (tertiary/aromatic N) is 3. The minimum absolute atomic E-state index is 0.157. The lowest BCUT2D eigenvalue weighted by Gasteiger charge is -2.34. The molecule has 0 bridgehead atoms. The van der Waals surface area contributed by atoms with E-state index in [4.69, 9.17) is 10.7 Å². The van der Waals surface area contributed by atoms with Crippen LogP contribution in [0.25, 0.3) is 21.1 Å². The molecule has 170 valence electrons. The van der Waals surface area contributed by atoms with Gasteiger partial charge in [0.05, 0.1) is 21.3 Å². The van der Waals surface area contributed by atoms with E-state index in [9.17, 15) is 4.79 Å². The van der Waals surface area contributed by atoms with E-state index in [0.29, 0.717) is 17.4 Å². The van der Waals surface area contributed by atoms with Gasteiger partial charge in [0.1, 0.15) is 5.82 Å². The molecule has 5 rings (SSSR count). The molecule has 1 saturated carbocycles. The molecule has 4 aromatic rings. The number of benzene rings is 1. The molecular formula is C26H29N5OS. The van der Waals surface area contributed by atoms with Gasteiger partial charge in [-0.15, -0.1) is 11.3 Å². The number of nitrogens with two attached hydrogens (primary N) is 1. The second kappa shape index (κ2) is 9.53. The molecule has 1 aromatic carbocycles. The van der Waals surface area contributed by atoms with Crippen molar-refractivity contribution in [1.29, 1.82) is 0 Å². The van der Waals surface area contributed by atoms with Crippen LogP contribution in [0, 0.1) is 11.8 Å². The Morgan fingerprint density at radius 1 is 1.24 bits per heavy atom. The van der Waals surface area contributed by atoms with Crippen molar-refractivity contribution in [2.75, 3.05) is 5.32 Å². The van der Waals surface area contributed by atoms with Gasteiger partial charge in [-0.05, 0) is 48.9 Å². The number of carbonyl (C=O) groups excluding carboxylic acids is 1. The van der Waals surface area contributed by atoms with Crippen LogP contribution in [0.2, 0.25) is 0 Å². The van der Waals surface area contributed by atoms with Gasteiger partial charge in [-0.2, -0.15) is 0 Å². The molecule has 33 heavy (non-hydrogen) atoms. The quantitative estimate of drug-likeness (QED) is 0.393. The van der Waals surface area contributed by atoms with Crippen molar-refractivity contribution in [1.82, 2.24) is 15.0 Å². The molecule has 7 heteroatoms. The Morgan fingerprint density at radius 2 is 2.12 bits per heavy atom. The van der Waals surface area contributed by atoms with Crippen LogP contribution in [0.4, 0.5) is 5.69 Å². The number of carbonyl (C=O) groups is 1. The standard InChI is InChI=1S/C26H29N5OS/c1-2-16(19-7-3-4-8-21(19)27)13-24-29-14-23-25(31-24)20(15-33-23)26(32)30-18-9-10-22-17(12-18)6-5-11-28-22/h5-6,9-12,14-16,19,21H,2-4,7-8,13,27H2,1H3,(H,30,32). The van der Waals surface area contributed by atoms with Crippen molar-refractivity contribution in [2.24, 2.45) is 17.6 Å². The molecule has 0 spiro atoms. The Balaban J connectivity index is 1.37. The summed E-state index contributed by atoms with van der Waals surface area (Å²) >= 11 is 1.50. The van der Waals surface area contributed by atoms with Crippen LogP contribution >= 0.6 is 11.3 Å². The van der Waals surface area contributed by atoms with Crippen LogP contribution in [-0.4, -0.2) is 26.9 Å². The first-order valence-electron chi connectivity index (χ1n) is 11.8. The largest absolute Gasteiger partial charge is 0.327 e. The van der Waals surface area contributed by atoms with Crippen molar-refractivity contribution < 1.29 is 4.79 Å². The van der Waals surface area contributed by atoms with E-state index >= 15 is 0 Å². The predicted octanol–water partition coefficient (Wildman–Crippen LogP) is 5.58. The SMILES string of the molecule is CCC(Cc1ncc2scc(C(=O)Nc3ccc4ncccc4c3)c2n1)C1CCCCC1N. The van der Waals surface area contributed by atoms with Gasteiger partial charge in [0, 0.05) is 41.3 Å². The molecule has 3 N–H and O–H groups in total.